The predicted molar refractivity (Wildman–Crippen MR) is 107 cm³/mol. The molecule has 0 aromatic heterocycles. The van der Waals surface area contributed by atoms with E-state index in [9.17, 15) is 4.79 Å². The Morgan fingerprint density at radius 3 is 2.08 bits per heavy atom. The Hall–Kier alpha value is -1.33. The van der Waals surface area contributed by atoms with Gasteiger partial charge >= 0.3 is 5.97 Å². The molecule has 2 aromatic rings. The van der Waals surface area contributed by atoms with Gasteiger partial charge in [0.2, 0.25) is 0 Å². The Morgan fingerprint density at radius 1 is 1.12 bits per heavy atom. The highest BCUT2D eigenvalue weighted by atomic mass is 79.9. The van der Waals surface area contributed by atoms with E-state index in [1.54, 1.807) is 19.1 Å². The normalized spacial score (nSPS) is 12.7. The third-order valence-corrected chi connectivity index (χ3v) is 5.27. The van der Waals surface area contributed by atoms with E-state index >= 15 is 0 Å². The van der Waals surface area contributed by atoms with Crippen LogP contribution in [-0.2, 0) is 16.8 Å². The smallest absolute Gasteiger partial charge is 0.310 e. The fourth-order valence-electron chi connectivity index (χ4n) is 2.37. The molecule has 134 valence electrons. The lowest BCUT2D eigenvalue weighted by Gasteiger charge is -2.19. The van der Waals surface area contributed by atoms with Gasteiger partial charge in [-0.2, -0.15) is 0 Å². The second-order valence-corrected chi connectivity index (χ2v) is 8.82. The summed E-state index contributed by atoms with van der Waals surface area (Å²) in [6, 6.07) is 12.0. The number of carboxylic acids is 1. The zero-order chi connectivity index (χ0) is 18.8. The quantitative estimate of drug-likeness (QED) is 0.560. The fourth-order valence-corrected chi connectivity index (χ4v) is 3.82. The molecule has 1 atom stereocenters. The van der Waals surface area contributed by atoms with E-state index in [1.165, 1.54) is 5.56 Å². The van der Waals surface area contributed by atoms with Crippen molar-refractivity contribution in [2.75, 3.05) is 0 Å². The number of carboxylic acid groups (broad SMARTS) is 1. The molecular weight excluding hydrogens is 448 g/mol. The van der Waals surface area contributed by atoms with E-state index in [0.717, 1.165) is 14.5 Å². The van der Waals surface area contributed by atoms with Crippen LogP contribution in [0.3, 0.4) is 0 Å². The lowest BCUT2D eigenvalue weighted by atomic mass is 9.87. The van der Waals surface area contributed by atoms with E-state index in [0.29, 0.717) is 17.9 Å². The molecule has 5 heteroatoms. The first kappa shape index (κ1) is 20.0. The van der Waals surface area contributed by atoms with Crippen LogP contribution in [0.15, 0.2) is 45.3 Å². The summed E-state index contributed by atoms with van der Waals surface area (Å²) in [5.74, 6) is -0.765. The number of hydrogen-bond acceptors (Lipinski definition) is 2. The Balaban J connectivity index is 2.14. The summed E-state index contributed by atoms with van der Waals surface area (Å²) in [7, 11) is 0. The summed E-state index contributed by atoms with van der Waals surface area (Å²) in [5, 5.41) is 9.16. The maximum absolute atomic E-state index is 11.2. The minimum absolute atomic E-state index is 0.127. The molecule has 25 heavy (non-hydrogen) atoms. The molecule has 0 bridgehead atoms. The highest BCUT2D eigenvalue weighted by Gasteiger charge is 2.18. The van der Waals surface area contributed by atoms with Crippen molar-refractivity contribution >= 4 is 37.8 Å². The van der Waals surface area contributed by atoms with Crippen molar-refractivity contribution in [3.8, 4) is 5.75 Å². The maximum atomic E-state index is 11.2. The highest BCUT2D eigenvalue weighted by Crippen LogP contribution is 2.37. The Morgan fingerprint density at radius 2 is 1.64 bits per heavy atom. The topological polar surface area (TPSA) is 46.5 Å². The van der Waals surface area contributed by atoms with Gasteiger partial charge in [0.05, 0.1) is 14.9 Å². The maximum Gasteiger partial charge on any atom is 0.310 e. The van der Waals surface area contributed by atoms with Crippen LogP contribution in [0.2, 0.25) is 0 Å². The largest absolute Gasteiger partial charge is 0.487 e. The number of aliphatic carboxylic acids is 1. The predicted octanol–water partition coefficient (Wildman–Crippen LogP) is 6.28. The second kappa shape index (κ2) is 7.92. The van der Waals surface area contributed by atoms with Gasteiger partial charge in [-0.05, 0) is 73.0 Å². The first-order chi connectivity index (χ1) is 11.6. The van der Waals surface area contributed by atoms with Crippen molar-refractivity contribution in [2.24, 2.45) is 0 Å². The van der Waals surface area contributed by atoms with Gasteiger partial charge in [0.1, 0.15) is 12.4 Å². The minimum Gasteiger partial charge on any atom is -0.487 e. The molecule has 0 aliphatic heterocycles. The molecule has 1 unspecified atom stereocenters. The number of hydrogen-bond donors (Lipinski definition) is 1. The Bertz CT molecular complexity index is 738. The lowest BCUT2D eigenvalue weighted by Crippen LogP contribution is -2.11. The number of rotatable bonds is 5. The van der Waals surface area contributed by atoms with Gasteiger partial charge in [-0.15, -0.1) is 0 Å². The summed E-state index contributed by atoms with van der Waals surface area (Å²) in [5.41, 5.74) is 3.20. The monoisotopic (exact) mass is 468 g/mol. The molecule has 0 amide bonds. The number of benzene rings is 2. The van der Waals surface area contributed by atoms with Crippen molar-refractivity contribution in [2.45, 2.75) is 45.6 Å². The Labute approximate surface area is 165 Å². The van der Waals surface area contributed by atoms with Crippen LogP contribution in [0, 0.1) is 0 Å². The summed E-state index contributed by atoms with van der Waals surface area (Å²) in [6.07, 6.45) is 0. The van der Waals surface area contributed by atoms with Crippen LogP contribution >= 0.6 is 31.9 Å². The van der Waals surface area contributed by atoms with E-state index in [1.807, 2.05) is 0 Å². The van der Waals surface area contributed by atoms with Gasteiger partial charge in [0, 0.05) is 0 Å². The third-order valence-electron chi connectivity index (χ3n) is 4.09. The first-order valence-corrected chi connectivity index (χ1v) is 9.62. The van der Waals surface area contributed by atoms with E-state index in [4.69, 9.17) is 9.84 Å². The molecule has 0 spiro atoms. The van der Waals surface area contributed by atoms with Crippen LogP contribution in [0.4, 0.5) is 0 Å². The molecule has 0 saturated heterocycles. The van der Waals surface area contributed by atoms with Gasteiger partial charge in [0.15, 0.2) is 0 Å². The number of ether oxygens (including phenoxy) is 1. The van der Waals surface area contributed by atoms with Crippen LogP contribution in [-0.4, -0.2) is 11.1 Å². The molecule has 0 heterocycles. The molecule has 3 nitrogen and oxygen atoms in total. The molecular formula is C20H22Br2O3. The molecule has 0 saturated carbocycles. The average molecular weight is 470 g/mol. The molecule has 1 N–H and O–H groups in total. The molecule has 0 fully saturated rings. The highest BCUT2D eigenvalue weighted by molar-refractivity contribution is 9.11. The molecule has 0 radical (unpaired) electrons. The summed E-state index contributed by atoms with van der Waals surface area (Å²) >= 11 is 6.96. The van der Waals surface area contributed by atoms with Crippen molar-refractivity contribution in [1.29, 1.82) is 0 Å². The van der Waals surface area contributed by atoms with Crippen molar-refractivity contribution in [3.05, 3.63) is 62.0 Å². The zero-order valence-corrected chi connectivity index (χ0v) is 17.9. The van der Waals surface area contributed by atoms with Crippen molar-refractivity contribution in [1.82, 2.24) is 0 Å². The standard InChI is InChI=1S/C20H22Br2O3/c1-12(19(23)24)14-9-16(21)18(17(22)10-14)25-11-13-5-7-15(8-6-13)20(2,3)4/h5-10,12H,11H2,1-4H3,(H,23,24). The number of carbonyl (C=O) groups is 1. The Kier molecular flexibility index (Phi) is 6.33. The molecule has 0 aliphatic rings. The minimum atomic E-state index is -0.855. The van der Waals surface area contributed by atoms with Gasteiger partial charge in [0.25, 0.3) is 0 Å². The van der Waals surface area contributed by atoms with Gasteiger partial charge in [-0.1, -0.05) is 45.0 Å². The van der Waals surface area contributed by atoms with Crippen LogP contribution in [0.25, 0.3) is 0 Å². The zero-order valence-electron chi connectivity index (χ0n) is 14.8. The first-order valence-electron chi connectivity index (χ1n) is 8.03. The third kappa shape index (κ3) is 5.08. The summed E-state index contributed by atoms with van der Waals surface area (Å²) < 4.78 is 7.40. The lowest BCUT2D eigenvalue weighted by molar-refractivity contribution is -0.138. The van der Waals surface area contributed by atoms with Crippen LogP contribution in [0.1, 0.15) is 50.3 Å². The van der Waals surface area contributed by atoms with Crippen molar-refractivity contribution in [3.63, 3.8) is 0 Å². The molecule has 2 aromatic carbocycles. The van der Waals surface area contributed by atoms with Gasteiger partial charge in [-0.25, -0.2) is 0 Å². The van der Waals surface area contributed by atoms with E-state index in [-0.39, 0.29) is 5.41 Å². The number of halogens is 2. The SMILES string of the molecule is CC(C(=O)O)c1cc(Br)c(OCc2ccc(C(C)(C)C)cc2)c(Br)c1. The van der Waals surface area contributed by atoms with Crippen molar-refractivity contribution < 1.29 is 14.6 Å². The average Bonchev–Trinajstić information content (AvgIpc) is 2.52. The second-order valence-electron chi connectivity index (χ2n) is 7.11. The fraction of sp³-hybridized carbons (Fsp3) is 0.350. The van der Waals surface area contributed by atoms with Gasteiger partial charge < -0.3 is 9.84 Å². The summed E-state index contributed by atoms with van der Waals surface area (Å²) in [6.45, 7) is 8.66. The molecule has 0 aliphatic carbocycles. The summed E-state index contributed by atoms with van der Waals surface area (Å²) in [4.78, 5) is 11.2. The van der Waals surface area contributed by atoms with E-state index in [2.05, 4.69) is 76.9 Å². The molecule has 2 rings (SSSR count). The van der Waals surface area contributed by atoms with Crippen LogP contribution < -0.4 is 4.74 Å². The van der Waals surface area contributed by atoms with Crippen LogP contribution in [0.5, 0.6) is 5.75 Å². The van der Waals surface area contributed by atoms with E-state index < -0.39 is 11.9 Å². The van der Waals surface area contributed by atoms with Gasteiger partial charge in [-0.3, -0.25) is 4.79 Å².